The van der Waals surface area contributed by atoms with Crippen LogP contribution in [0.25, 0.3) is 0 Å². The molecule has 14 heavy (non-hydrogen) atoms. The molecule has 1 atom stereocenters. The van der Waals surface area contributed by atoms with Gasteiger partial charge in [-0.15, -0.1) is 0 Å². The summed E-state index contributed by atoms with van der Waals surface area (Å²) in [7, 11) is 0. The second kappa shape index (κ2) is 7.21. The van der Waals surface area contributed by atoms with Gasteiger partial charge in [0.2, 0.25) is 0 Å². The number of ether oxygens (including phenoxy) is 1. The van der Waals surface area contributed by atoms with E-state index in [0.29, 0.717) is 6.04 Å². The second-order valence-corrected chi connectivity index (χ2v) is 4.30. The first-order valence-corrected chi connectivity index (χ1v) is 5.90. The van der Waals surface area contributed by atoms with Crippen LogP contribution in [0.1, 0.15) is 45.4 Å². The van der Waals surface area contributed by atoms with E-state index >= 15 is 0 Å². The number of hydrazine groups is 1. The molecule has 0 radical (unpaired) electrons. The fourth-order valence-corrected chi connectivity index (χ4v) is 2.10. The Morgan fingerprint density at radius 2 is 2.14 bits per heavy atom. The largest absolute Gasteiger partial charge is 0.381 e. The zero-order chi connectivity index (χ0) is 10.2. The molecule has 0 aliphatic carbocycles. The second-order valence-electron chi connectivity index (χ2n) is 4.30. The van der Waals surface area contributed by atoms with Gasteiger partial charge in [0.05, 0.1) is 0 Å². The van der Waals surface area contributed by atoms with Crippen LogP contribution in [0, 0.1) is 5.92 Å². The fourth-order valence-electron chi connectivity index (χ4n) is 2.10. The van der Waals surface area contributed by atoms with Crippen LogP contribution in [0.15, 0.2) is 0 Å². The lowest BCUT2D eigenvalue weighted by atomic mass is 9.91. The van der Waals surface area contributed by atoms with E-state index < -0.39 is 0 Å². The first kappa shape index (κ1) is 12.0. The summed E-state index contributed by atoms with van der Waals surface area (Å²) in [6, 6.07) is 0.512. The summed E-state index contributed by atoms with van der Waals surface area (Å²) in [5, 5.41) is 0. The molecule has 1 unspecified atom stereocenters. The van der Waals surface area contributed by atoms with Crippen molar-refractivity contribution < 1.29 is 4.74 Å². The van der Waals surface area contributed by atoms with E-state index in [1.165, 1.54) is 38.5 Å². The average Bonchev–Trinajstić information content (AvgIpc) is 2.25. The molecule has 0 aromatic carbocycles. The molecule has 0 saturated carbocycles. The van der Waals surface area contributed by atoms with Gasteiger partial charge in [-0.3, -0.25) is 11.3 Å². The molecule has 1 fully saturated rings. The minimum Gasteiger partial charge on any atom is -0.381 e. The molecule has 0 aromatic rings. The molecule has 1 heterocycles. The van der Waals surface area contributed by atoms with Crippen LogP contribution in [0.3, 0.4) is 0 Å². The zero-order valence-corrected chi connectivity index (χ0v) is 9.30. The van der Waals surface area contributed by atoms with E-state index in [1.807, 2.05) is 0 Å². The lowest BCUT2D eigenvalue weighted by molar-refractivity contribution is 0.0601. The van der Waals surface area contributed by atoms with Crippen LogP contribution in [0.4, 0.5) is 0 Å². The molecular weight excluding hydrogens is 176 g/mol. The molecule has 0 amide bonds. The van der Waals surface area contributed by atoms with Crippen molar-refractivity contribution in [2.24, 2.45) is 11.8 Å². The summed E-state index contributed by atoms with van der Waals surface area (Å²) < 4.78 is 5.34. The Bertz CT molecular complexity index is 135. The van der Waals surface area contributed by atoms with E-state index in [4.69, 9.17) is 10.6 Å². The summed E-state index contributed by atoms with van der Waals surface area (Å²) >= 11 is 0. The quantitative estimate of drug-likeness (QED) is 0.508. The molecule has 3 heteroatoms. The third-order valence-electron chi connectivity index (χ3n) is 3.10. The number of unbranched alkanes of at least 4 members (excludes halogenated alkanes) is 1. The maximum atomic E-state index is 5.55. The Morgan fingerprint density at radius 3 is 2.71 bits per heavy atom. The van der Waals surface area contributed by atoms with Gasteiger partial charge in [0.25, 0.3) is 0 Å². The molecule has 0 spiro atoms. The predicted octanol–water partition coefficient (Wildman–Crippen LogP) is 1.83. The Labute approximate surface area is 87.4 Å². The first-order chi connectivity index (χ1) is 6.86. The molecule has 84 valence electrons. The summed E-state index contributed by atoms with van der Waals surface area (Å²) in [4.78, 5) is 0. The molecule has 1 aliphatic heterocycles. The van der Waals surface area contributed by atoms with E-state index in [2.05, 4.69) is 12.3 Å². The number of hydrogen-bond donors (Lipinski definition) is 2. The van der Waals surface area contributed by atoms with Crippen LogP contribution in [0.2, 0.25) is 0 Å². The summed E-state index contributed by atoms with van der Waals surface area (Å²) in [5.41, 5.74) is 2.94. The van der Waals surface area contributed by atoms with Crippen molar-refractivity contribution in [3.63, 3.8) is 0 Å². The Hall–Kier alpha value is -0.120. The van der Waals surface area contributed by atoms with Crippen molar-refractivity contribution in [1.29, 1.82) is 0 Å². The Balaban J connectivity index is 2.16. The molecule has 1 rings (SSSR count). The molecule has 1 aliphatic rings. The first-order valence-electron chi connectivity index (χ1n) is 5.90. The molecule has 0 aromatic heterocycles. The smallest absolute Gasteiger partial charge is 0.0468 e. The van der Waals surface area contributed by atoms with Gasteiger partial charge in [-0.05, 0) is 31.6 Å². The maximum absolute atomic E-state index is 5.55. The van der Waals surface area contributed by atoms with Gasteiger partial charge in [0.15, 0.2) is 0 Å². The summed E-state index contributed by atoms with van der Waals surface area (Å²) in [6.07, 6.45) is 7.39. The van der Waals surface area contributed by atoms with Gasteiger partial charge in [-0.1, -0.05) is 19.8 Å². The van der Waals surface area contributed by atoms with Gasteiger partial charge >= 0.3 is 0 Å². The van der Waals surface area contributed by atoms with Crippen LogP contribution >= 0.6 is 0 Å². The minimum atomic E-state index is 0.512. The van der Waals surface area contributed by atoms with E-state index in [9.17, 15) is 0 Å². The third kappa shape index (κ3) is 4.40. The van der Waals surface area contributed by atoms with Gasteiger partial charge in [0, 0.05) is 19.3 Å². The van der Waals surface area contributed by atoms with Crippen LogP contribution in [-0.2, 0) is 4.74 Å². The van der Waals surface area contributed by atoms with Crippen LogP contribution in [-0.4, -0.2) is 19.3 Å². The topological polar surface area (TPSA) is 47.3 Å². The van der Waals surface area contributed by atoms with E-state index in [-0.39, 0.29) is 0 Å². The molecule has 3 nitrogen and oxygen atoms in total. The van der Waals surface area contributed by atoms with E-state index in [0.717, 1.165) is 19.1 Å². The number of nitrogens with two attached hydrogens (primary N) is 1. The van der Waals surface area contributed by atoms with Crippen molar-refractivity contribution in [3.05, 3.63) is 0 Å². The standard InChI is InChI=1S/C11H24N2O/c1-2-3-4-11(13-12)9-10-5-7-14-8-6-10/h10-11,13H,2-9,12H2,1H3. The number of rotatable bonds is 6. The van der Waals surface area contributed by atoms with Crippen molar-refractivity contribution in [3.8, 4) is 0 Å². The number of nitrogens with one attached hydrogen (secondary N) is 1. The summed E-state index contributed by atoms with van der Waals surface area (Å²) in [5.74, 6) is 6.37. The summed E-state index contributed by atoms with van der Waals surface area (Å²) in [6.45, 7) is 4.10. The molecule has 3 N–H and O–H groups in total. The molecule has 1 saturated heterocycles. The highest BCUT2D eigenvalue weighted by Crippen LogP contribution is 2.21. The SMILES string of the molecule is CCCCC(CC1CCOCC1)NN. The van der Waals surface area contributed by atoms with Crippen molar-refractivity contribution in [2.75, 3.05) is 13.2 Å². The van der Waals surface area contributed by atoms with E-state index in [1.54, 1.807) is 0 Å². The zero-order valence-electron chi connectivity index (χ0n) is 9.30. The highest BCUT2D eigenvalue weighted by atomic mass is 16.5. The highest BCUT2D eigenvalue weighted by molar-refractivity contribution is 4.72. The van der Waals surface area contributed by atoms with Gasteiger partial charge < -0.3 is 4.74 Å². The van der Waals surface area contributed by atoms with Crippen LogP contribution < -0.4 is 11.3 Å². The lowest BCUT2D eigenvalue weighted by Gasteiger charge is -2.26. The Kier molecular flexibility index (Phi) is 6.15. The highest BCUT2D eigenvalue weighted by Gasteiger charge is 2.17. The van der Waals surface area contributed by atoms with Gasteiger partial charge in [0.1, 0.15) is 0 Å². The predicted molar refractivity (Wildman–Crippen MR) is 58.8 cm³/mol. The minimum absolute atomic E-state index is 0.512. The van der Waals surface area contributed by atoms with Crippen molar-refractivity contribution >= 4 is 0 Å². The fraction of sp³-hybridized carbons (Fsp3) is 1.00. The van der Waals surface area contributed by atoms with Crippen molar-refractivity contribution in [1.82, 2.24) is 5.43 Å². The molecule has 0 bridgehead atoms. The van der Waals surface area contributed by atoms with Crippen molar-refractivity contribution in [2.45, 2.75) is 51.5 Å². The molecular formula is C11H24N2O. The maximum Gasteiger partial charge on any atom is 0.0468 e. The number of hydrogen-bond acceptors (Lipinski definition) is 3. The van der Waals surface area contributed by atoms with Gasteiger partial charge in [-0.2, -0.15) is 0 Å². The normalized spacial score (nSPS) is 21.0. The third-order valence-corrected chi connectivity index (χ3v) is 3.10. The van der Waals surface area contributed by atoms with Gasteiger partial charge in [-0.25, -0.2) is 0 Å². The monoisotopic (exact) mass is 200 g/mol. The van der Waals surface area contributed by atoms with Crippen LogP contribution in [0.5, 0.6) is 0 Å². The lowest BCUT2D eigenvalue weighted by Crippen LogP contribution is -2.37. The average molecular weight is 200 g/mol. The Morgan fingerprint density at radius 1 is 1.43 bits per heavy atom.